The van der Waals surface area contributed by atoms with Gasteiger partial charge in [-0.25, -0.2) is 0 Å². The average molecular weight is 252 g/mol. The zero-order valence-electron chi connectivity index (χ0n) is 12.8. The van der Waals surface area contributed by atoms with Gasteiger partial charge in [0.25, 0.3) is 0 Å². The third-order valence-electron chi connectivity index (χ3n) is 5.32. The first-order valence-corrected chi connectivity index (χ1v) is 8.06. The highest BCUT2D eigenvalue weighted by molar-refractivity contribution is 4.98. The van der Waals surface area contributed by atoms with Crippen LogP contribution in [0, 0.1) is 5.92 Å². The molecule has 106 valence electrons. The van der Waals surface area contributed by atoms with Crippen molar-refractivity contribution in [1.29, 1.82) is 0 Å². The van der Waals surface area contributed by atoms with Gasteiger partial charge in [-0.15, -0.1) is 0 Å². The standard InChI is InChI=1S/C16H32N2/c1-13(2)16(9-5-6-10-17-16)12-15-8-7-11-18(15)14(3)4/h13-15,17H,5-12H2,1-4H3. The lowest BCUT2D eigenvalue weighted by Crippen LogP contribution is -2.56. The smallest absolute Gasteiger partial charge is 0.0219 e. The first kappa shape index (κ1) is 14.3. The molecular formula is C16H32N2. The van der Waals surface area contributed by atoms with Crippen molar-refractivity contribution in [2.45, 2.75) is 83.8 Å². The van der Waals surface area contributed by atoms with Gasteiger partial charge in [0.2, 0.25) is 0 Å². The van der Waals surface area contributed by atoms with Gasteiger partial charge in [-0.2, -0.15) is 0 Å². The molecule has 2 unspecified atom stereocenters. The number of nitrogens with zero attached hydrogens (tertiary/aromatic N) is 1. The van der Waals surface area contributed by atoms with E-state index in [1.807, 2.05) is 0 Å². The quantitative estimate of drug-likeness (QED) is 0.825. The van der Waals surface area contributed by atoms with E-state index in [0.29, 0.717) is 11.6 Å². The molecule has 0 aliphatic carbocycles. The maximum absolute atomic E-state index is 3.89. The highest BCUT2D eigenvalue weighted by Gasteiger charge is 2.40. The molecule has 2 aliphatic heterocycles. The molecule has 0 aromatic rings. The van der Waals surface area contributed by atoms with E-state index in [1.54, 1.807) is 0 Å². The molecule has 0 aromatic carbocycles. The van der Waals surface area contributed by atoms with Crippen LogP contribution in [0.2, 0.25) is 0 Å². The van der Waals surface area contributed by atoms with Crippen molar-refractivity contribution in [3.05, 3.63) is 0 Å². The van der Waals surface area contributed by atoms with Gasteiger partial charge in [0.15, 0.2) is 0 Å². The van der Waals surface area contributed by atoms with Crippen LogP contribution in [0.15, 0.2) is 0 Å². The van der Waals surface area contributed by atoms with Crippen molar-refractivity contribution in [2.75, 3.05) is 13.1 Å². The van der Waals surface area contributed by atoms with E-state index in [4.69, 9.17) is 0 Å². The fourth-order valence-electron chi connectivity index (χ4n) is 4.07. The van der Waals surface area contributed by atoms with Crippen molar-refractivity contribution < 1.29 is 0 Å². The molecule has 0 spiro atoms. The summed E-state index contributed by atoms with van der Waals surface area (Å²) in [6, 6.07) is 1.53. The van der Waals surface area contributed by atoms with Gasteiger partial charge in [-0.3, -0.25) is 4.90 Å². The summed E-state index contributed by atoms with van der Waals surface area (Å²) in [4.78, 5) is 2.74. The highest BCUT2D eigenvalue weighted by atomic mass is 15.2. The Labute approximate surface area is 114 Å². The van der Waals surface area contributed by atoms with Crippen molar-refractivity contribution in [2.24, 2.45) is 5.92 Å². The van der Waals surface area contributed by atoms with E-state index in [1.165, 1.54) is 51.6 Å². The third kappa shape index (κ3) is 2.91. The molecule has 1 N–H and O–H groups in total. The lowest BCUT2D eigenvalue weighted by molar-refractivity contribution is 0.104. The Hall–Kier alpha value is -0.0800. The molecule has 2 heteroatoms. The van der Waals surface area contributed by atoms with Gasteiger partial charge in [0.05, 0.1) is 0 Å². The third-order valence-corrected chi connectivity index (χ3v) is 5.32. The average Bonchev–Trinajstić information content (AvgIpc) is 2.78. The van der Waals surface area contributed by atoms with E-state index in [-0.39, 0.29) is 0 Å². The first-order chi connectivity index (χ1) is 8.55. The number of hydrogen-bond acceptors (Lipinski definition) is 2. The van der Waals surface area contributed by atoms with E-state index in [0.717, 1.165) is 12.0 Å². The first-order valence-electron chi connectivity index (χ1n) is 8.06. The zero-order valence-corrected chi connectivity index (χ0v) is 12.8. The number of piperidine rings is 1. The molecule has 2 saturated heterocycles. The Kier molecular flexibility index (Phi) is 4.71. The lowest BCUT2D eigenvalue weighted by atomic mass is 9.74. The Bertz CT molecular complexity index is 254. The summed E-state index contributed by atoms with van der Waals surface area (Å²) in [6.07, 6.45) is 8.34. The van der Waals surface area contributed by atoms with Gasteiger partial charge in [-0.05, 0) is 65.0 Å². The number of nitrogens with one attached hydrogen (secondary N) is 1. The molecule has 0 radical (unpaired) electrons. The Morgan fingerprint density at radius 3 is 2.50 bits per heavy atom. The molecule has 2 aliphatic rings. The summed E-state index contributed by atoms with van der Waals surface area (Å²) in [7, 11) is 0. The Balaban J connectivity index is 2.04. The fourth-order valence-corrected chi connectivity index (χ4v) is 4.07. The summed E-state index contributed by atoms with van der Waals surface area (Å²) in [5.41, 5.74) is 0.417. The van der Waals surface area contributed by atoms with E-state index in [2.05, 4.69) is 37.9 Å². The van der Waals surface area contributed by atoms with Gasteiger partial charge >= 0.3 is 0 Å². The summed E-state index contributed by atoms with van der Waals surface area (Å²) in [6.45, 7) is 12.1. The minimum absolute atomic E-state index is 0.417. The predicted molar refractivity (Wildman–Crippen MR) is 78.9 cm³/mol. The molecule has 2 fully saturated rings. The van der Waals surface area contributed by atoms with Crippen LogP contribution >= 0.6 is 0 Å². The normalized spacial score (nSPS) is 34.7. The Morgan fingerprint density at radius 1 is 1.17 bits per heavy atom. The lowest BCUT2D eigenvalue weighted by Gasteiger charge is -2.45. The van der Waals surface area contributed by atoms with Crippen molar-refractivity contribution in [1.82, 2.24) is 10.2 Å². The molecular weight excluding hydrogens is 220 g/mol. The molecule has 0 bridgehead atoms. The molecule has 0 amide bonds. The largest absolute Gasteiger partial charge is 0.311 e. The maximum Gasteiger partial charge on any atom is 0.0219 e. The minimum Gasteiger partial charge on any atom is -0.311 e. The van der Waals surface area contributed by atoms with Crippen molar-refractivity contribution >= 4 is 0 Å². The van der Waals surface area contributed by atoms with Crippen LogP contribution in [0.4, 0.5) is 0 Å². The number of hydrogen-bond donors (Lipinski definition) is 1. The van der Waals surface area contributed by atoms with Gasteiger partial charge < -0.3 is 5.32 Å². The summed E-state index contributed by atoms with van der Waals surface area (Å²) in [5.74, 6) is 0.757. The number of rotatable bonds is 4. The molecule has 2 atom stereocenters. The van der Waals surface area contributed by atoms with Gasteiger partial charge in [-0.1, -0.05) is 20.3 Å². The summed E-state index contributed by atoms with van der Waals surface area (Å²) in [5, 5.41) is 3.89. The van der Waals surface area contributed by atoms with E-state index >= 15 is 0 Å². The van der Waals surface area contributed by atoms with Crippen molar-refractivity contribution in [3.8, 4) is 0 Å². The van der Waals surface area contributed by atoms with Crippen LogP contribution in [-0.4, -0.2) is 35.6 Å². The molecule has 2 rings (SSSR count). The van der Waals surface area contributed by atoms with Crippen LogP contribution in [0.25, 0.3) is 0 Å². The molecule has 18 heavy (non-hydrogen) atoms. The summed E-state index contributed by atoms with van der Waals surface area (Å²) < 4.78 is 0. The van der Waals surface area contributed by atoms with Crippen molar-refractivity contribution in [3.63, 3.8) is 0 Å². The monoisotopic (exact) mass is 252 g/mol. The second kappa shape index (κ2) is 5.92. The Morgan fingerprint density at radius 2 is 1.94 bits per heavy atom. The molecule has 0 saturated carbocycles. The van der Waals surface area contributed by atoms with Gasteiger partial charge in [0.1, 0.15) is 0 Å². The molecule has 2 nitrogen and oxygen atoms in total. The predicted octanol–water partition coefficient (Wildman–Crippen LogP) is 3.42. The second-order valence-electron chi connectivity index (χ2n) is 7.03. The maximum atomic E-state index is 3.89. The SMILES string of the molecule is CC(C)N1CCCC1CC1(C(C)C)CCCCN1. The van der Waals surface area contributed by atoms with Crippen LogP contribution in [-0.2, 0) is 0 Å². The van der Waals surface area contributed by atoms with Crippen LogP contribution < -0.4 is 5.32 Å². The topological polar surface area (TPSA) is 15.3 Å². The minimum atomic E-state index is 0.417. The van der Waals surface area contributed by atoms with Crippen LogP contribution in [0.3, 0.4) is 0 Å². The fraction of sp³-hybridized carbons (Fsp3) is 1.00. The second-order valence-corrected chi connectivity index (χ2v) is 7.03. The number of likely N-dealkylation sites (tertiary alicyclic amines) is 1. The summed E-state index contributed by atoms with van der Waals surface area (Å²) >= 11 is 0. The van der Waals surface area contributed by atoms with E-state index in [9.17, 15) is 0 Å². The van der Waals surface area contributed by atoms with Crippen LogP contribution in [0.5, 0.6) is 0 Å². The van der Waals surface area contributed by atoms with Gasteiger partial charge in [0, 0.05) is 17.6 Å². The zero-order chi connectivity index (χ0) is 13.2. The molecule has 0 aromatic heterocycles. The highest BCUT2D eigenvalue weighted by Crippen LogP contribution is 2.36. The molecule has 2 heterocycles. The van der Waals surface area contributed by atoms with Crippen LogP contribution in [0.1, 0.15) is 66.2 Å². The van der Waals surface area contributed by atoms with E-state index < -0.39 is 0 Å².